The van der Waals surface area contributed by atoms with Gasteiger partial charge in [-0.1, -0.05) is 13.8 Å². The molecule has 0 aromatic rings. The molecule has 4 rings (SSSR count). The van der Waals surface area contributed by atoms with E-state index in [1.807, 2.05) is 11.0 Å². The molecule has 4 aliphatic rings. The first kappa shape index (κ1) is 19.0. The van der Waals surface area contributed by atoms with Gasteiger partial charge in [-0.2, -0.15) is 0 Å². The largest absolute Gasteiger partial charge is 0.387 e. The van der Waals surface area contributed by atoms with Gasteiger partial charge in [-0.3, -0.25) is 9.59 Å². The van der Waals surface area contributed by atoms with Crippen LogP contribution in [0.1, 0.15) is 66.2 Å². The molecule has 0 radical (unpaired) electrons. The number of hydrogen-bond donors (Lipinski definition) is 1. The number of nitrogens with zero attached hydrogens (tertiary/aromatic N) is 1. The summed E-state index contributed by atoms with van der Waals surface area (Å²) in [6.07, 6.45) is 8.15. The van der Waals surface area contributed by atoms with Crippen molar-refractivity contribution in [3.8, 4) is 0 Å². The van der Waals surface area contributed by atoms with Crippen LogP contribution in [0.25, 0.3) is 0 Å². The van der Waals surface area contributed by atoms with E-state index in [0.717, 1.165) is 38.9 Å². The summed E-state index contributed by atoms with van der Waals surface area (Å²) in [5.41, 5.74) is 1.46. The van der Waals surface area contributed by atoms with Gasteiger partial charge in [0, 0.05) is 49.2 Å². The van der Waals surface area contributed by atoms with Gasteiger partial charge >= 0.3 is 0 Å². The van der Waals surface area contributed by atoms with E-state index < -0.39 is 0 Å². The Labute approximate surface area is 164 Å². The number of nitrogens with one attached hydrogen (secondary N) is 1. The van der Waals surface area contributed by atoms with Gasteiger partial charge < -0.3 is 10.2 Å². The Bertz CT molecular complexity index is 667. The van der Waals surface area contributed by atoms with Crippen LogP contribution in [0.3, 0.4) is 0 Å². The molecule has 2 saturated carbocycles. The third-order valence-corrected chi connectivity index (χ3v) is 8.97. The van der Waals surface area contributed by atoms with Gasteiger partial charge in [0.1, 0.15) is 0 Å². The molecule has 150 valence electrons. The third-order valence-electron chi connectivity index (χ3n) is 8.97. The molecule has 3 aliphatic carbocycles. The molecule has 3 unspecified atom stereocenters. The lowest BCUT2D eigenvalue weighted by Crippen LogP contribution is -2.57. The van der Waals surface area contributed by atoms with E-state index >= 15 is 0 Å². The van der Waals surface area contributed by atoms with Crippen LogP contribution >= 0.6 is 0 Å². The molecule has 1 heterocycles. The minimum Gasteiger partial charge on any atom is -0.387 e. The Hall–Kier alpha value is -1.32. The zero-order chi connectivity index (χ0) is 19.4. The summed E-state index contributed by atoms with van der Waals surface area (Å²) in [6.45, 7) is 11.6. The van der Waals surface area contributed by atoms with Gasteiger partial charge in [0.2, 0.25) is 5.91 Å². The lowest BCUT2D eigenvalue weighted by molar-refractivity contribution is -0.142. The first-order valence-corrected chi connectivity index (χ1v) is 11.1. The molecule has 4 nitrogen and oxygen atoms in total. The maximum Gasteiger partial charge on any atom is 0.226 e. The normalized spacial score (nSPS) is 43.1. The van der Waals surface area contributed by atoms with Gasteiger partial charge in [0.15, 0.2) is 5.78 Å². The monoisotopic (exact) mass is 372 g/mol. The SMILES string of the molecule is CCN(CC)C(=O)[C@H]1CCC2C3CNC4=CC(=O)CC[C@]4(C)C3CC[C@@]21C. The number of ketones is 1. The highest BCUT2D eigenvalue weighted by atomic mass is 16.2. The number of allylic oxidation sites excluding steroid dienone is 2. The molecule has 0 aromatic heterocycles. The zero-order valence-electron chi connectivity index (χ0n) is 17.5. The van der Waals surface area contributed by atoms with Crippen molar-refractivity contribution in [2.24, 2.45) is 34.5 Å². The molecule has 0 aromatic carbocycles. The fraction of sp³-hybridized carbons (Fsp3) is 0.826. The maximum absolute atomic E-state index is 13.2. The summed E-state index contributed by atoms with van der Waals surface area (Å²) in [5.74, 6) is 2.78. The predicted octanol–water partition coefficient (Wildman–Crippen LogP) is 3.77. The summed E-state index contributed by atoms with van der Waals surface area (Å²) in [7, 11) is 0. The molecule has 1 aliphatic heterocycles. The first-order valence-electron chi connectivity index (χ1n) is 11.1. The van der Waals surface area contributed by atoms with Gasteiger partial charge in [-0.05, 0) is 69.1 Å². The van der Waals surface area contributed by atoms with Crippen molar-refractivity contribution in [3.63, 3.8) is 0 Å². The van der Waals surface area contributed by atoms with Crippen molar-refractivity contribution in [3.05, 3.63) is 11.8 Å². The van der Waals surface area contributed by atoms with Crippen molar-refractivity contribution in [1.29, 1.82) is 0 Å². The number of fused-ring (bicyclic) bond motifs is 5. The van der Waals surface area contributed by atoms with Crippen LogP contribution in [0, 0.1) is 34.5 Å². The first-order chi connectivity index (χ1) is 12.8. The fourth-order valence-electron chi connectivity index (χ4n) is 7.31. The maximum atomic E-state index is 13.2. The van der Waals surface area contributed by atoms with Crippen molar-refractivity contribution in [2.75, 3.05) is 19.6 Å². The Balaban J connectivity index is 1.60. The van der Waals surface area contributed by atoms with Crippen LogP contribution in [-0.4, -0.2) is 36.2 Å². The number of rotatable bonds is 3. The zero-order valence-corrected chi connectivity index (χ0v) is 17.5. The van der Waals surface area contributed by atoms with Crippen molar-refractivity contribution in [2.45, 2.75) is 66.2 Å². The molecule has 3 fully saturated rings. The van der Waals surface area contributed by atoms with Crippen LogP contribution in [0.15, 0.2) is 11.8 Å². The summed E-state index contributed by atoms with van der Waals surface area (Å²) in [6, 6.07) is 0. The van der Waals surface area contributed by atoms with Crippen LogP contribution in [0.4, 0.5) is 0 Å². The Morgan fingerprint density at radius 2 is 1.89 bits per heavy atom. The summed E-state index contributed by atoms with van der Waals surface area (Å²) >= 11 is 0. The highest BCUT2D eigenvalue weighted by Gasteiger charge is 2.60. The highest BCUT2D eigenvalue weighted by molar-refractivity contribution is 5.91. The minimum atomic E-state index is 0.124. The molecule has 0 bridgehead atoms. The highest BCUT2D eigenvalue weighted by Crippen LogP contribution is 2.64. The minimum absolute atomic E-state index is 0.124. The fourth-order valence-corrected chi connectivity index (χ4v) is 7.31. The molecular formula is C23H36N2O2. The van der Waals surface area contributed by atoms with E-state index in [-0.39, 0.29) is 22.5 Å². The topological polar surface area (TPSA) is 49.4 Å². The van der Waals surface area contributed by atoms with E-state index in [0.29, 0.717) is 30.1 Å². The Morgan fingerprint density at radius 3 is 2.59 bits per heavy atom. The number of carbonyl (C=O) groups is 2. The summed E-state index contributed by atoms with van der Waals surface area (Å²) in [4.78, 5) is 27.2. The smallest absolute Gasteiger partial charge is 0.226 e. The second kappa shape index (κ2) is 6.63. The molecule has 1 N–H and O–H groups in total. The van der Waals surface area contributed by atoms with Crippen LogP contribution in [0.2, 0.25) is 0 Å². The average molecular weight is 373 g/mol. The molecule has 27 heavy (non-hydrogen) atoms. The second-order valence-corrected chi connectivity index (χ2v) is 9.88. The van der Waals surface area contributed by atoms with Crippen molar-refractivity contribution >= 4 is 11.7 Å². The Kier molecular flexibility index (Phi) is 4.67. The number of carbonyl (C=O) groups excluding carboxylic acids is 2. The summed E-state index contributed by atoms with van der Waals surface area (Å²) in [5, 5.41) is 3.66. The second-order valence-electron chi connectivity index (χ2n) is 9.88. The quantitative estimate of drug-likeness (QED) is 0.820. The van der Waals surface area contributed by atoms with E-state index in [1.165, 1.54) is 18.5 Å². The van der Waals surface area contributed by atoms with Crippen molar-refractivity contribution in [1.82, 2.24) is 10.2 Å². The molecular weight excluding hydrogens is 336 g/mol. The molecule has 1 amide bonds. The molecule has 6 atom stereocenters. The summed E-state index contributed by atoms with van der Waals surface area (Å²) < 4.78 is 0. The van der Waals surface area contributed by atoms with Gasteiger partial charge in [-0.25, -0.2) is 0 Å². The third kappa shape index (κ3) is 2.69. The predicted molar refractivity (Wildman–Crippen MR) is 107 cm³/mol. The van der Waals surface area contributed by atoms with Crippen LogP contribution in [-0.2, 0) is 9.59 Å². The van der Waals surface area contributed by atoms with Crippen LogP contribution in [0.5, 0.6) is 0 Å². The number of hydrogen-bond acceptors (Lipinski definition) is 3. The number of amides is 1. The van der Waals surface area contributed by atoms with E-state index in [1.54, 1.807) is 0 Å². The van der Waals surface area contributed by atoms with Crippen LogP contribution < -0.4 is 5.32 Å². The van der Waals surface area contributed by atoms with Crippen molar-refractivity contribution < 1.29 is 9.59 Å². The molecule has 1 saturated heterocycles. The standard InChI is InChI=1S/C23H36N2O2/c1-5-25(6-2)21(27)19-8-7-17-16-14-24-20-13-15(26)9-11-23(20,4)18(16)10-12-22(17,19)3/h13,16-19,24H,5-12,14H2,1-4H3/t16?,17?,18?,19-,22+,23-/m1/s1. The number of piperidine rings is 1. The molecule has 4 heteroatoms. The lowest BCUT2D eigenvalue weighted by Gasteiger charge is -2.58. The van der Waals surface area contributed by atoms with Gasteiger partial charge in [0.25, 0.3) is 0 Å². The van der Waals surface area contributed by atoms with Gasteiger partial charge in [-0.15, -0.1) is 0 Å². The van der Waals surface area contributed by atoms with Gasteiger partial charge in [0.05, 0.1) is 0 Å². The Morgan fingerprint density at radius 1 is 1.15 bits per heavy atom. The van der Waals surface area contributed by atoms with E-state index in [2.05, 4.69) is 33.0 Å². The van der Waals surface area contributed by atoms with E-state index in [4.69, 9.17) is 0 Å². The van der Waals surface area contributed by atoms with E-state index in [9.17, 15) is 9.59 Å². The lowest BCUT2D eigenvalue weighted by atomic mass is 9.50. The average Bonchev–Trinajstić information content (AvgIpc) is 3.00. The molecule has 0 spiro atoms.